The van der Waals surface area contributed by atoms with Gasteiger partial charge in [0.2, 0.25) is 0 Å². The Hall–Kier alpha value is -0.850. The molecule has 2 rings (SSSR count). The number of alkyl halides is 1. The Morgan fingerprint density at radius 3 is 3.06 bits per heavy atom. The summed E-state index contributed by atoms with van der Waals surface area (Å²) < 4.78 is 0.835. The van der Waals surface area contributed by atoms with Crippen LogP contribution < -0.4 is 0 Å². The summed E-state index contributed by atoms with van der Waals surface area (Å²) in [7, 11) is 0. The average Bonchev–Trinajstić information content (AvgIpc) is 2.72. The van der Waals surface area contributed by atoms with Gasteiger partial charge in [0.1, 0.15) is 0 Å². The fourth-order valence-electron chi connectivity index (χ4n) is 1.34. The number of nitro benzene ring substituents is 1. The molecule has 1 heterocycles. The minimum atomic E-state index is -0.376. The van der Waals surface area contributed by atoms with Crippen LogP contribution in [0.5, 0.6) is 0 Å². The molecule has 0 aliphatic carbocycles. The van der Waals surface area contributed by atoms with Crippen molar-refractivity contribution in [3.8, 4) is 0 Å². The van der Waals surface area contributed by atoms with Crippen molar-refractivity contribution in [1.29, 1.82) is 0 Å². The number of hydrogen-bond acceptors (Lipinski definition) is 5. The molecule has 0 radical (unpaired) electrons. The number of fused-ring (bicyclic) bond motifs is 1. The molecule has 0 aliphatic rings. The molecule has 1 aromatic carbocycles. The van der Waals surface area contributed by atoms with Crippen LogP contribution in [0.15, 0.2) is 22.5 Å². The molecule has 0 amide bonds. The second-order valence-electron chi connectivity index (χ2n) is 2.91. The van der Waals surface area contributed by atoms with Crippen LogP contribution >= 0.6 is 34.7 Å². The highest BCUT2D eigenvalue weighted by atomic mass is 35.5. The van der Waals surface area contributed by atoms with E-state index in [0.29, 0.717) is 22.0 Å². The molecule has 0 bridgehead atoms. The summed E-state index contributed by atoms with van der Waals surface area (Å²) in [6, 6.07) is 3.62. The molecular formula is C9H7ClN2O2S2. The van der Waals surface area contributed by atoms with Gasteiger partial charge in [-0.25, -0.2) is 4.98 Å². The fourth-order valence-corrected chi connectivity index (χ4v) is 3.02. The summed E-state index contributed by atoms with van der Waals surface area (Å²) in [5.41, 5.74) is 2.18. The second-order valence-corrected chi connectivity index (χ2v) is 5.31. The molecule has 0 N–H and O–H groups in total. The SMILES string of the molecule is O=[N+]([O-])c1c(SCCCl)ccc2scnc12. The monoisotopic (exact) mass is 274 g/mol. The minimum Gasteiger partial charge on any atom is -0.258 e. The van der Waals surface area contributed by atoms with E-state index in [-0.39, 0.29) is 10.6 Å². The van der Waals surface area contributed by atoms with Gasteiger partial charge in [0.25, 0.3) is 0 Å². The van der Waals surface area contributed by atoms with Crippen molar-refractivity contribution in [3.05, 3.63) is 27.8 Å². The predicted octanol–water partition coefficient (Wildman–Crippen LogP) is 3.54. The number of thiazole rings is 1. The van der Waals surface area contributed by atoms with Crippen LogP contribution in [0.4, 0.5) is 5.69 Å². The minimum absolute atomic E-state index is 0.0915. The molecule has 0 saturated heterocycles. The van der Waals surface area contributed by atoms with Gasteiger partial charge in [-0.2, -0.15) is 0 Å². The number of halogens is 1. The van der Waals surface area contributed by atoms with Crippen LogP contribution in [0.3, 0.4) is 0 Å². The fraction of sp³-hybridized carbons (Fsp3) is 0.222. The maximum absolute atomic E-state index is 11.0. The quantitative estimate of drug-likeness (QED) is 0.370. The lowest BCUT2D eigenvalue weighted by atomic mass is 10.3. The first-order valence-electron chi connectivity index (χ1n) is 4.43. The molecule has 2 aromatic rings. The van der Waals surface area contributed by atoms with Gasteiger partial charge in [-0.3, -0.25) is 10.1 Å². The molecule has 0 spiro atoms. The summed E-state index contributed by atoms with van der Waals surface area (Å²) in [6.07, 6.45) is 0. The van der Waals surface area contributed by atoms with Gasteiger partial charge in [-0.15, -0.1) is 34.7 Å². The van der Waals surface area contributed by atoms with Gasteiger partial charge >= 0.3 is 5.69 Å². The first kappa shape index (κ1) is 11.6. The van der Waals surface area contributed by atoms with E-state index in [1.807, 2.05) is 6.07 Å². The number of aromatic nitrogens is 1. The number of nitrogens with zero attached hydrogens (tertiary/aromatic N) is 2. The van der Waals surface area contributed by atoms with Crippen molar-refractivity contribution in [3.63, 3.8) is 0 Å². The van der Waals surface area contributed by atoms with Gasteiger partial charge < -0.3 is 0 Å². The number of nitro groups is 1. The summed E-state index contributed by atoms with van der Waals surface area (Å²) in [5, 5.41) is 11.0. The normalized spacial score (nSPS) is 10.8. The van der Waals surface area contributed by atoms with Crippen molar-refractivity contribution >= 4 is 50.6 Å². The van der Waals surface area contributed by atoms with E-state index in [0.717, 1.165) is 4.70 Å². The van der Waals surface area contributed by atoms with E-state index >= 15 is 0 Å². The highest BCUT2D eigenvalue weighted by Gasteiger charge is 2.20. The van der Waals surface area contributed by atoms with Crippen molar-refractivity contribution in [1.82, 2.24) is 4.98 Å². The smallest absolute Gasteiger partial charge is 0.258 e. The van der Waals surface area contributed by atoms with Crippen LogP contribution in [0, 0.1) is 10.1 Å². The Morgan fingerprint density at radius 2 is 2.38 bits per heavy atom. The third-order valence-corrected chi connectivity index (χ3v) is 4.21. The zero-order chi connectivity index (χ0) is 11.5. The molecule has 0 fully saturated rings. The van der Waals surface area contributed by atoms with E-state index < -0.39 is 0 Å². The number of hydrogen-bond donors (Lipinski definition) is 0. The van der Waals surface area contributed by atoms with E-state index in [4.69, 9.17) is 11.6 Å². The maximum Gasteiger partial charge on any atom is 0.309 e. The van der Waals surface area contributed by atoms with E-state index in [2.05, 4.69) is 4.98 Å². The van der Waals surface area contributed by atoms with Crippen molar-refractivity contribution in [2.24, 2.45) is 0 Å². The summed E-state index contributed by atoms with van der Waals surface area (Å²) in [5.74, 6) is 1.12. The molecule has 0 aliphatic heterocycles. The van der Waals surface area contributed by atoms with Crippen LogP contribution in [0.25, 0.3) is 10.2 Å². The topological polar surface area (TPSA) is 56.0 Å². The van der Waals surface area contributed by atoms with Gasteiger partial charge in [0.15, 0.2) is 5.52 Å². The van der Waals surface area contributed by atoms with Gasteiger partial charge in [0, 0.05) is 11.6 Å². The van der Waals surface area contributed by atoms with Crippen molar-refractivity contribution in [2.45, 2.75) is 4.90 Å². The third kappa shape index (κ3) is 2.14. The van der Waals surface area contributed by atoms with Crippen LogP contribution in [-0.2, 0) is 0 Å². The van der Waals surface area contributed by atoms with Crippen LogP contribution in [-0.4, -0.2) is 21.5 Å². The molecule has 0 atom stereocenters. The highest BCUT2D eigenvalue weighted by molar-refractivity contribution is 7.99. The second kappa shape index (κ2) is 4.99. The summed E-state index contributed by atoms with van der Waals surface area (Å²) in [6.45, 7) is 0. The maximum atomic E-state index is 11.0. The number of benzene rings is 1. The molecule has 4 nitrogen and oxygen atoms in total. The van der Waals surface area contributed by atoms with Crippen LogP contribution in [0.2, 0.25) is 0 Å². The highest BCUT2D eigenvalue weighted by Crippen LogP contribution is 2.36. The zero-order valence-electron chi connectivity index (χ0n) is 8.05. The van der Waals surface area contributed by atoms with E-state index in [1.54, 1.807) is 11.6 Å². The molecular weight excluding hydrogens is 268 g/mol. The standard InChI is InChI=1S/C9H7ClN2O2S2/c10-3-4-15-7-2-1-6-8(11-5-16-6)9(7)12(13)14/h1-2,5H,3-4H2. The largest absolute Gasteiger partial charge is 0.309 e. The van der Waals surface area contributed by atoms with Gasteiger partial charge in [-0.1, -0.05) is 0 Å². The lowest BCUT2D eigenvalue weighted by molar-refractivity contribution is -0.386. The summed E-state index contributed by atoms with van der Waals surface area (Å²) >= 11 is 8.36. The van der Waals surface area contributed by atoms with Gasteiger partial charge in [0.05, 0.1) is 20.0 Å². The average molecular weight is 275 g/mol. The molecule has 1 aromatic heterocycles. The van der Waals surface area contributed by atoms with Crippen molar-refractivity contribution < 1.29 is 4.92 Å². The zero-order valence-corrected chi connectivity index (χ0v) is 10.4. The van der Waals surface area contributed by atoms with E-state index in [1.165, 1.54) is 23.1 Å². The Morgan fingerprint density at radius 1 is 1.56 bits per heavy atom. The summed E-state index contributed by atoms with van der Waals surface area (Å²) in [4.78, 5) is 15.3. The lowest BCUT2D eigenvalue weighted by Gasteiger charge is -2.01. The first-order chi connectivity index (χ1) is 7.74. The van der Waals surface area contributed by atoms with Crippen LogP contribution in [0.1, 0.15) is 0 Å². The third-order valence-electron chi connectivity index (χ3n) is 1.96. The Bertz CT molecular complexity index is 529. The molecule has 0 unspecified atom stereocenters. The molecule has 84 valence electrons. The molecule has 0 saturated carbocycles. The lowest BCUT2D eigenvalue weighted by Crippen LogP contribution is -1.93. The van der Waals surface area contributed by atoms with E-state index in [9.17, 15) is 10.1 Å². The predicted molar refractivity (Wildman–Crippen MR) is 67.7 cm³/mol. The number of rotatable bonds is 4. The number of thioether (sulfide) groups is 1. The molecule has 7 heteroatoms. The van der Waals surface area contributed by atoms with Gasteiger partial charge in [-0.05, 0) is 12.1 Å². The Labute approximate surface area is 105 Å². The van der Waals surface area contributed by atoms with Crippen molar-refractivity contribution in [2.75, 3.05) is 11.6 Å². The molecule has 16 heavy (non-hydrogen) atoms. The first-order valence-corrected chi connectivity index (χ1v) is 6.83. The Kier molecular flexibility index (Phi) is 3.63. The Balaban J connectivity index is 2.54.